The molecular formula is C24H25ClN4O2. The van der Waals surface area contributed by atoms with Crippen LogP contribution in [0.25, 0.3) is 5.69 Å². The Bertz CT molecular complexity index is 1140. The van der Waals surface area contributed by atoms with E-state index in [2.05, 4.69) is 20.4 Å². The van der Waals surface area contributed by atoms with Crippen molar-refractivity contribution < 1.29 is 9.59 Å². The fraction of sp³-hybridized carbons (Fsp3) is 0.208. The molecule has 0 unspecified atom stereocenters. The summed E-state index contributed by atoms with van der Waals surface area (Å²) >= 11 is 6.27. The van der Waals surface area contributed by atoms with Gasteiger partial charge in [0, 0.05) is 27.7 Å². The van der Waals surface area contributed by atoms with Crippen LogP contribution in [0.15, 0.2) is 59.7 Å². The number of halogens is 1. The molecular weight excluding hydrogens is 412 g/mol. The minimum Gasteiger partial charge on any atom is -0.341 e. The Kier molecular flexibility index (Phi) is 6.92. The summed E-state index contributed by atoms with van der Waals surface area (Å²) in [5.41, 5.74) is 7.93. The zero-order valence-electron chi connectivity index (χ0n) is 17.9. The molecule has 1 heterocycles. The lowest BCUT2D eigenvalue weighted by molar-refractivity contribution is -0.139. The molecule has 7 heteroatoms. The maximum absolute atomic E-state index is 12.1. The summed E-state index contributed by atoms with van der Waals surface area (Å²) in [6.45, 7) is 7.71. The Hall–Kier alpha value is -3.38. The molecule has 0 bridgehead atoms. The Labute approximate surface area is 186 Å². The standard InChI is InChI=1S/C24H25ClN4O2/c1-15-10-11-21(13-22(15)25)29-16(2)12-20(18(29)4)14-26-28-24(31)23(30)27-17(3)19-8-6-5-7-9-19/h5-14,17H,1-4H3,(H,27,30)(H,28,31)/b26-14-/t17-/m1/s1. The topological polar surface area (TPSA) is 75.5 Å². The van der Waals surface area contributed by atoms with Crippen LogP contribution in [-0.2, 0) is 9.59 Å². The van der Waals surface area contributed by atoms with Crippen molar-refractivity contribution in [2.45, 2.75) is 33.7 Å². The number of nitrogens with one attached hydrogen (secondary N) is 2. The van der Waals surface area contributed by atoms with Crippen molar-refractivity contribution in [3.8, 4) is 5.69 Å². The van der Waals surface area contributed by atoms with E-state index >= 15 is 0 Å². The molecule has 0 saturated heterocycles. The third kappa shape index (κ3) is 5.22. The van der Waals surface area contributed by atoms with Crippen LogP contribution in [0.3, 0.4) is 0 Å². The van der Waals surface area contributed by atoms with Gasteiger partial charge in [-0.1, -0.05) is 48.0 Å². The van der Waals surface area contributed by atoms with Gasteiger partial charge in [0.1, 0.15) is 0 Å². The van der Waals surface area contributed by atoms with Gasteiger partial charge in [0.2, 0.25) is 0 Å². The van der Waals surface area contributed by atoms with Crippen molar-refractivity contribution >= 4 is 29.6 Å². The molecule has 1 aromatic heterocycles. The highest BCUT2D eigenvalue weighted by molar-refractivity contribution is 6.35. The van der Waals surface area contributed by atoms with E-state index in [9.17, 15) is 9.59 Å². The van der Waals surface area contributed by atoms with Crippen LogP contribution in [0.2, 0.25) is 5.02 Å². The fourth-order valence-corrected chi connectivity index (χ4v) is 3.51. The number of benzene rings is 2. The van der Waals surface area contributed by atoms with E-state index in [0.717, 1.165) is 33.8 Å². The van der Waals surface area contributed by atoms with E-state index in [-0.39, 0.29) is 6.04 Å². The van der Waals surface area contributed by atoms with E-state index in [1.165, 1.54) is 6.21 Å². The molecule has 2 amide bonds. The van der Waals surface area contributed by atoms with E-state index in [1.807, 2.05) is 82.3 Å². The predicted octanol–water partition coefficient (Wildman–Crippen LogP) is 4.38. The molecule has 0 radical (unpaired) electrons. The van der Waals surface area contributed by atoms with Crippen molar-refractivity contribution in [3.05, 3.63) is 87.7 Å². The highest BCUT2D eigenvalue weighted by Gasteiger charge is 2.16. The smallest absolute Gasteiger partial charge is 0.329 e. The van der Waals surface area contributed by atoms with Crippen LogP contribution in [0.4, 0.5) is 0 Å². The molecule has 2 N–H and O–H groups in total. The van der Waals surface area contributed by atoms with E-state index in [4.69, 9.17) is 11.6 Å². The molecule has 3 aromatic rings. The van der Waals surface area contributed by atoms with E-state index < -0.39 is 11.8 Å². The second kappa shape index (κ2) is 9.62. The zero-order valence-corrected chi connectivity index (χ0v) is 18.7. The van der Waals surface area contributed by atoms with Crippen LogP contribution < -0.4 is 10.7 Å². The van der Waals surface area contributed by atoms with E-state index in [0.29, 0.717) is 5.02 Å². The summed E-state index contributed by atoms with van der Waals surface area (Å²) < 4.78 is 2.06. The molecule has 6 nitrogen and oxygen atoms in total. The summed E-state index contributed by atoms with van der Waals surface area (Å²) in [4.78, 5) is 24.2. The average molecular weight is 437 g/mol. The first-order valence-electron chi connectivity index (χ1n) is 9.92. The van der Waals surface area contributed by atoms with Gasteiger partial charge in [0.15, 0.2) is 0 Å². The first-order valence-corrected chi connectivity index (χ1v) is 10.3. The first-order chi connectivity index (χ1) is 14.8. The lowest BCUT2D eigenvalue weighted by atomic mass is 10.1. The lowest BCUT2D eigenvalue weighted by Crippen LogP contribution is -2.39. The van der Waals surface area contributed by atoms with Crippen molar-refractivity contribution in [1.82, 2.24) is 15.3 Å². The van der Waals surface area contributed by atoms with Crippen LogP contribution in [0.1, 0.15) is 41.0 Å². The van der Waals surface area contributed by atoms with Gasteiger partial charge in [-0.05, 0) is 57.0 Å². The van der Waals surface area contributed by atoms with Gasteiger partial charge >= 0.3 is 11.8 Å². The molecule has 160 valence electrons. The Balaban J connectivity index is 1.66. The van der Waals surface area contributed by atoms with Gasteiger partial charge in [-0.15, -0.1) is 0 Å². The second-order valence-corrected chi connectivity index (χ2v) is 7.81. The number of carbonyl (C=O) groups is 2. The monoisotopic (exact) mass is 436 g/mol. The maximum atomic E-state index is 12.1. The molecule has 0 aliphatic heterocycles. The van der Waals surface area contributed by atoms with E-state index in [1.54, 1.807) is 0 Å². The van der Waals surface area contributed by atoms with Gasteiger partial charge in [-0.25, -0.2) is 5.43 Å². The zero-order chi connectivity index (χ0) is 22.5. The molecule has 1 atom stereocenters. The van der Waals surface area contributed by atoms with Gasteiger partial charge in [-0.2, -0.15) is 5.10 Å². The fourth-order valence-electron chi connectivity index (χ4n) is 3.33. The summed E-state index contributed by atoms with van der Waals surface area (Å²) in [6.07, 6.45) is 1.53. The molecule has 31 heavy (non-hydrogen) atoms. The molecule has 0 saturated carbocycles. The Morgan fingerprint density at radius 3 is 2.42 bits per heavy atom. The quantitative estimate of drug-likeness (QED) is 0.353. The van der Waals surface area contributed by atoms with Gasteiger partial charge in [0.05, 0.1) is 12.3 Å². The maximum Gasteiger partial charge on any atom is 0.329 e. The molecule has 0 aliphatic carbocycles. The third-order valence-electron chi connectivity index (χ3n) is 5.11. The van der Waals surface area contributed by atoms with Crippen LogP contribution in [0, 0.1) is 20.8 Å². The van der Waals surface area contributed by atoms with Crippen LogP contribution in [0.5, 0.6) is 0 Å². The average Bonchev–Trinajstić information content (AvgIpc) is 3.03. The largest absolute Gasteiger partial charge is 0.341 e. The normalized spacial score (nSPS) is 12.0. The number of aryl methyl sites for hydroxylation is 2. The van der Waals surface area contributed by atoms with Gasteiger partial charge in [0.25, 0.3) is 0 Å². The molecule has 3 rings (SSSR count). The summed E-state index contributed by atoms with van der Waals surface area (Å²) in [5.74, 6) is -1.56. The number of nitrogens with zero attached hydrogens (tertiary/aromatic N) is 2. The number of hydrogen-bond donors (Lipinski definition) is 2. The van der Waals surface area contributed by atoms with Crippen molar-refractivity contribution in [3.63, 3.8) is 0 Å². The number of carbonyl (C=O) groups excluding carboxylic acids is 2. The summed E-state index contributed by atoms with van der Waals surface area (Å²) in [7, 11) is 0. The number of aromatic nitrogens is 1. The lowest BCUT2D eigenvalue weighted by Gasteiger charge is -2.13. The predicted molar refractivity (Wildman–Crippen MR) is 124 cm³/mol. The van der Waals surface area contributed by atoms with Gasteiger partial charge in [-0.3, -0.25) is 9.59 Å². The minimum absolute atomic E-state index is 0.288. The molecule has 0 aliphatic rings. The number of hydrogen-bond acceptors (Lipinski definition) is 3. The van der Waals surface area contributed by atoms with Crippen molar-refractivity contribution in [2.75, 3.05) is 0 Å². The first kappa shape index (κ1) is 22.3. The molecule has 0 spiro atoms. The number of amides is 2. The minimum atomic E-state index is -0.821. The highest BCUT2D eigenvalue weighted by Crippen LogP contribution is 2.24. The number of hydrazone groups is 1. The molecule has 0 fully saturated rings. The summed E-state index contributed by atoms with van der Waals surface area (Å²) in [6, 6.07) is 17.0. The van der Waals surface area contributed by atoms with Crippen molar-refractivity contribution in [1.29, 1.82) is 0 Å². The Morgan fingerprint density at radius 2 is 1.74 bits per heavy atom. The second-order valence-electron chi connectivity index (χ2n) is 7.40. The van der Waals surface area contributed by atoms with Gasteiger partial charge < -0.3 is 9.88 Å². The highest BCUT2D eigenvalue weighted by atomic mass is 35.5. The summed E-state index contributed by atoms with van der Waals surface area (Å²) in [5, 5.41) is 7.31. The van der Waals surface area contributed by atoms with Crippen LogP contribution >= 0.6 is 11.6 Å². The Morgan fingerprint density at radius 1 is 1.03 bits per heavy atom. The number of rotatable bonds is 5. The third-order valence-corrected chi connectivity index (χ3v) is 5.51. The molecule has 2 aromatic carbocycles. The van der Waals surface area contributed by atoms with Crippen molar-refractivity contribution in [2.24, 2.45) is 5.10 Å². The SMILES string of the molecule is Cc1ccc(-n2c(C)cc(/C=N\NC(=O)C(=O)N[C@H](C)c3ccccc3)c2C)cc1Cl. The van der Waals surface area contributed by atoms with Crippen LogP contribution in [-0.4, -0.2) is 22.6 Å².